The van der Waals surface area contributed by atoms with Gasteiger partial charge in [-0.15, -0.1) is 0 Å². The van der Waals surface area contributed by atoms with Gasteiger partial charge in [0.05, 0.1) is 11.3 Å². The van der Waals surface area contributed by atoms with Gasteiger partial charge in [-0.1, -0.05) is 43.8 Å². The number of carbonyl (C=O) groups excluding carboxylic acids is 1. The number of benzene rings is 1. The van der Waals surface area contributed by atoms with Crippen LogP contribution in [0.2, 0.25) is 0 Å². The Labute approximate surface area is 129 Å². The van der Waals surface area contributed by atoms with Crippen LogP contribution in [0.3, 0.4) is 0 Å². The summed E-state index contributed by atoms with van der Waals surface area (Å²) in [6.45, 7) is 8.06. The maximum Gasteiger partial charge on any atom is 0.230 e. The summed E-state index contributed by atoms with van der Waals surface area (Å²) in [6, 6.07) is 8.09. The van der Waals surface area contributed by atoms with Crippen molar-refractivity contribution in [3.05, 3.63) is 30.1 Å². The summed E-state index contributed by atoms with van der Waals surface area (Å²) in [4.78, 5) is 21.0. The minimum absolute atomic E-state index is 0.0313. The molecule has 1 N–H and O–H groups in total. The fraction of sp³-hybridized carbons (Fsp3) is 0.438. The molecule has 1 aromatic carbocycles. The molecule has 1 aromatic heterocycles. The molecule has 0 radical (unpaired) electrons. The SMILES string of the molecule is CC(C)NC(=O)CSc1nc(C(C)C)nc2ccccc12. The van der Waals surface area contributed by atoms with E-state index < -0.39 is 0 Å². The predicted octanol–water partition coefficient (Wildman–Crippen LogP) is 3.37. The number of carbonyl (C=O) groups is 1. The van der Waals surface area contributed by atoms with Crippen molar-refractivity contribution < 1.29 is 4.79 Å². The number of nitrogens with zero attached hydrogens (tertiary/aromatic N) is 2. The van der Waals surface area contributed by atoms with Gasteiger partial charge in [-0.05, 0) is 19.9 Å². The smallest absolute Gasteiger partial charge is 0.230 e. The molecule has 0 atom stereocenters. The number of aromatic nitrogens is 2. The van der Waals surface area contributed by atoms with Gasteiger partial charge < -0.3 is 5.32 Å². The second-order valence-corrected chi connectivity index (χ2v) is 6.53. The Morgan fingerprint density at radius 2 is 1.90 bits per heavy atom. The minimum atomic E-state index is 0.0313. The van der Waals surface area contributed by atoms with Crippen molar-refractivity contribution in [1.82, 2.24) is 15.3 Å². The van der Waals surface area contributed by atoms with Crippen molar-refractivity contribution in [2.45, 2.75) is 44.7 Å². The lowest BCUT2D eigenvalue weighted by Crippen LogP contribution is -2.31. The Hall–Kier alpha value is -1.62. The summed E-state index contributed by atoms with van der Waals surface area (Å²) < 4.78 is 0. The normalized spacial score (nSPS) is 11.3. The number of fused-ring (bicyclic) bond motifs is 1. The third kappa shape index (κ3) is 4.17. The van der Waals surface area contributed by atoms with Crippen molar-refractivity contribution >= 4 is 28.6 Å². The van der Waals surface area contributed by atoms with Gasteiger partial charge >= 0.3 is 0 Å². The van der Waals surface area contributed by atoms with E-state index in [0.29, 0.717) is 5.75 Å². The zero-order valence-corrected chi connectivity index (χ0v) is 13.7. The Balaban J connectivity index is 2.27. The van der Waals surface area contributed by atoms with Gasteiger partial charge in [0.15, 0.2) is 0 Å². The Bertz CT molecular complexity index is 640. The first-order valence-electron chi connectivity index (χ1n) is 7.16. The molecule has 2 rings (SSSR count). The van der Waals surface area contributed by atoms with Crippen LogP contribution in [-0.4, -0.2) is 27.7 Å². The Morgan fingerprint density at radius 1 is 1.19 bits per heavy atom. The minimum Gasteiger partial charge on any atom is -0.353 e. The van der Waals surface area contributed by atoms with E-state index in [1.807, 2.05) is 38.1 Å². The Morgan fingerprint density at radius 3 is 2.57 bits per heavy atom. The van der Waals surface area contributed by atoms with Gasteiger partial charge in [-0.25, -0.2) is 9.97 Å². The molecule has 0 saturated carbocycles. The third-order valence-electron chi connectivity index (χ3n) is 2.89. The van der Waals surface area contributed by atoms with Gasteiger partial charge in [0.25, 0.3) is 0 Å². The quantitative estimate of drug-likeness (QED) is 0.679. The summed E-state index contributed by atoms with van der Waals surface area (Å²) in [6.07, 6.45) is 0. The molecule has 0 bridgehead atoms. The van der Waals surface area contributed by atoms with Crippen LogP contribution < -0.4 is 5.32 Å². The molecule has 1 amide bonds. The van der Waals surface area contributed by atoms with Crippen LogP contribution in [0.1, 0.15) is 39.4 Å². The van der Waals surface area contributed by atoms with Crippen molar-refractivity contribution in [2.24, 2.45) is 0 Å². The van der Waals surface area contributed by atoms with Gasteiger partial charge in [-0.2, -0.15) is 0 Å². The van der Waals surface area contributed by atoms with Crippen molar-refractivity contribution in [2.75, 3.05) is 5.75 Å². The first-order valence-corrected chi connectivity index (χ1v) is 8.14. The molecule has 0 fully saturated rings. The largest absolute Gasteiger partial charge is 0.353 e. The molecule has 0 spiro atoms. The molecule has 0 aliphatic heterocycles. The molecule has 0 unspecified atom stereocenters. The van der Waals surface area contributed by atoms with Crippen LogP contribution in [0.5, 0.6) is 0 Å². The van der Waals surface area contributed by atoms with E-state index in [1.54, 1.807) is 0 Å². The molecule has 5 heteroatoms. The number of nitrogens with one attached hydrogen (secondary N) is 1. The molecule has 2 aromatic rings. The highest BCUT2D eigenvalue weighted by Gasteiger charge is 2.12. The fourth-order valence-electron chi connectivity index (χ4n) is 1.93. The van der Waals surface area contributed by atoms with E-state index in [4.69, 9.17) is 0 Å². The highest BCUT2D eigenvalue weighted by molar-refractivity contribution is 8.00. The predicted molar refractivity (Wildman–Crippen MR) is 87.6 cm³/mol. The van der Waals surface area contributed by atoms with Crippen molar-refractivity contribution in [3.8, 4) is 0 Å². The maximum atomic E-state index is 11.8. The molecule has 21 heavy (non-hydrogen) atoms. The molecular weight excluding hydrogens is 282 g/mol. The highest BCUT2D eigenvalue weighted by Crippen LogP contribution is 2.26. The second kappa shape index (κ2) is 6.89. The molecule has 0 aliphatic carbocycles. The van der Waals surface area contributed by atoms with Gasteiger partial charge in [0, 0.05) is 17.3 Å². The van der Waals surface area contributed by atoms with E-state index >= 15 is 0 Å². The second-order valence-electron chi connectivity index (χ2n) is 5.57. The number of hydrogen-bond donors (Lipinski definition) is 1. The van der Waals surface area contributed by atoms with Gasteiger partial charge in [0.1, 0.15) is 10.9 Å². The van der Waals surface area contributed by atoms with Crippen LogP contribution in [0.15, 0.2) is 29.3 Å². The van der Waals surface area contributed by atoms with Crippen LogP contribution in [0.25, 0.3) is 10.9 Å². The first-order chi connectivity index (χ1) is 9.97. The lowest BCUT2D eigenvalue weighted by Gasteiger charge is -2.11. The third-order valence-corrected chi connectivity index (χ3v) is 3.88. The summed E-state index contributed by atoms with van der Waals surface area (Å²) in [5.41, 5.74) is 0.933. The zero-order chi connectivity index (χ0) is 15.4. The number of thioether (sulfide) groups is 1. The number of rotatable bonds is 5. The van der Waals surface area contributed by atoms with Crippen LogP contribution in [0, 0.1) is 0 Å². The summed E-state index contributed by atoms with van der Waals surface area (Å²) in [5.74, 6) is 1.49. The monoisotopic (exact) mass is 303 g/mol. The number of hydrogen-bond acceptors (Lipinski definition) is 4. The molecule has 4 nitrogen and oxygen atoms in total. The summed E-state index contributed by atoms with van der Waals surface area (Å²) in [5, 5.41) is 4.78. The average molecular weight is 303 g/mol. The van der Waals surface area contributed by atoms with Crippen LogP contribution in [-0.2, 0) is 4.79 Å². The maximum absolute atomic E-state index is 11.8. The topological polar surface area (TPSA) is 54.9 Å². The molecule has 0 saturated heterocycles. The number of amides is 1. The van der Waals surface area contributed by atoms with Gasteiger partial charge in [-0.3, -0.25) is 4.79 Å². The van der Waals surface area contributed by atoms with Crippen molar-refractivity contribution in [1.29, 1.82) is 0 Å². The van der Waals surface area contributed by atoms with E-state index in [-0.39, 0.29) is 17.9 Å². The molecule has 0 aliphatic rings. The van der Waals surface area contributed by atoms with E-state index in [9.17, 15) is 4.79 Å². The first kappa shape index (κ1) is 15.8. The zero-order valence-electron chi connectivity index (χ0n) is 12.9. The van der Waals surface area contributed by atoms with Gasteiger partial charge in [0.2, 0.25) is 5.91 Å². The summed E-state index contributed by atoms with van der Waals surface area (Å²) in [7, 11) is 0. The van der Waals surface area contributed by atoms with Crippen LogP contribution >= 0.6 is 11.8 Å². The average Bonchev–Trinajstić information content (AvgIpc) is 2.43. The van der Waals surface area contributed by atoms with Crippen LogP contribution in [0.4, 0.5) is 0 Å². The summed E-state index contributed by atoms with van der Waals surface area (Å²) >= 11 is 1.47. The fourth-order valence-corrected chi connectivity index (χ4v) is 2.77. The molecular formula is C16H21N3OS. The highest BCUT2D eigenvalue weighted by atomic mass is 32.2. The molecule has 1 heterocycles. The van der Waals surface area contributed by atoms with Crippen molar-refractivity contribution in [3.63, 3.8) is 0 Å². The lowest BCUT2D eigenvalue weighted by molar-refractivity contribution is -0.119. The standard InChI is InChI=1S/C16H21N3OS/c1-10(2)15-18-13-8-6-5-7-12(13)16(19-15)21-9-14(20)17-11(3)4/h5-8,10-11H,9H2,1-4H3,(H,17,20). The lowest BCUT2D eigenvalue weighted by atomic mass is 10.2. The molecule has 112 valence electrons. The Kier molecular flexibility index (Phi) is 5.17. The van der Waals surface area contributed by atoms with E-state index in [1.165, 1.54) is 11.8 Å². The van der Waals surface area contributed by atoms with E-state index in [2.05, 4.69) is 29.1 Å². The number of para-hydroxylation sites is 1. The van der Waals surface area contributed by atoms with E-state index in [0.717, 1.165) is 21.8 Å².